The molecule has 2 rings (SSSR count). The maximum absolute atomic E-state index is 6.24. The number of imidazole rings is 1. The molecular formula is C15H20ClN3. The summed E-state index contributed by atoms with van der Waals surface area (Å²) in [4.78, 5) is 4.42. The van der Waals surface area contributed by atoms with Gasteiger partial charge in [-0.05, 0) is 43.7 Å². The predicted molar refractivity (Wildman–Crippen MR) is 80.3 cm³/mol. The highest BCUT2D eigenvalue weighted by Crippen LogP contribution is 2.24. The molecule has 0 spiro atoms. The molecule has 0 aliphatic carbocycles. The Labute approximate surface area is 119 Å². The lowest BCUT2D eigenvalue weighted by Crippen LogP contribution is -2.14. The van der Waals surface area contributed by atoms with E-state index in [0.717, 1.165) is 48.0 Å². The third-order valence-corrected chi connectivity index (χ3v) is 3.47. The van der Waals surface area contributed by atoms with Crippen LogP contribution in [0.1, 0.15) is 25.8 Å². The van der Waals surface area contributed by atoms with E-state index in [1.807, 2.05) is 24.5 Å². The third kappa shape index (κ3) is 3.37. The van der Waals surface area contributed by atoms with Crippen molar-refractivity contribution in [3.63, 3.8) is 0 Å². The SMILES string of the molecule is CCCNCc1cc(-c2nccn2CC)ccc1Cl. The second kappa shape index (κ2) is 6.73. The van der Waals surface area contributed by atoms with Crippen LogP contribution < -0.4 is 5.32 Å². The maximum atomic E-state index is 6.24. The van der Waals surface area contributed by atoms with E-state index in [1.165, 1.54) is 0 Å². The second-order valence-electron chi connectivity index (χ2n) is 4.52. The van der Waals surface area contributed by atoms with Crippen LogP contribution in [0.5, 0.6) is 0 Å². The first kappa shape index (κ1) is 14.1. The van der Waals surface area contributed by atoms with Crippen molar-refractivity contribution < 1.29 is 0 Å². The summed E-state index contributed by atoms with van der Waals surface area (Å²) in [5.74, 6) is 0.996. The minimum Gasteiger partial charge on any atom is -0.331 e. The zero-order chi connectivity index (χ0) is 13.7. The van der Waals surface area contributed by atoms with E-state index in [0.29, 0.717) is 0 Å². The largest absolute Gasteiger partial charge is 0.331 e. The van der Waals surface area contributed by atoms with Crippen LogP contribution in [0.25, 0.3) is 11.4 Å². The first-order valence-corrected chi connectivity index (χ1v) is 7.14. The molecule has 1 N–H and O–H groups in total. The lowest BCUT2D eigenvalue weighted by Gasteiger charge is -2.09. The van der Waals surface area contributed by atoms with Gasteiger partial charge in [0, 0.05) is 36.1 Å². The molecule has 0 saturated heterocycles. The Hall–Kier alpha value is -1.32. The zero-order valence-corrected chi connectivity index (χ0v) is 12.2. The molecule has 0 bridgehead atoms. The summed E-state index contributed by atoms with van der Waals surface area (Å²) in [5.41, 5.74) is 2.24. The van der Waals surface area contributed by atoms with Crippen LogP contribution in [0, 0.1) is 0 Å². The molecule has 3 nitrogen and oxygen atoms in total. The number of nitrogens with one attached hydrogen (secondary N) is 1. The van der Waals surface area contributed by atoms with Gasteiger partial charge >= 0.3 is 0 Å². The molecule has 1 aromatic heterocycles. The van der Waals surface area contributed by atoms with Crippen LogP contribution >= 0.6 is 11.6 Å². The number of rotatable bonds is 6. The van der Waals surface area contributed by atoms with Gasteiger partial charge in [0.1, 0.15) is 5.82 Å². The predicted octanol–water partition coefficient (Wildman–Crippen LogP) is 3.72. The van der Waals surface area contributed by atoms with Crippen molar-refractivity contribution in [2.75, 3.05) is 6.54 Å². The number of hydrogen-bond acceptors (Lipinski definition) is 2. The Kier molecular flexibility index (Phi) is 5.00. The minimum absolute atomic E-state index is 0.799. The van der Waals surface area contributed by atoms with Crippen LogP contribution in [0.3, 0.4) is 0 Å². The highest BCUT2D eigenvalue weighted by molar-refractivity contribution is 6.31. The van der Waals surface area contributed by atoms with E-state index in [1.54, 1.807) is 0 Å². The summed E-state index contributed by atoms with van der Waals surface area (Å²) < 4.78 is 2.13. The molecule has 4 heteroatoms. The highest BCUT2D eigenvalue weighted by atomic mass is 35.5. The van der Waals surface area contributed by atoms with Gasteiger partial charge in [-0.2, -0.15) is 0 Å². The fraction of sp³-hybridized carbons (Fsp3) is 0.400. The topological polar surface area (TPSA) is 29.9 Å². The molecule has 0 saturated carbocycles. The summed E-state index contributed by atoms with van der Waals surface area (Å²) in [6.45, 7) is 6.99. The molecule has 102 valence electrons. The monoisotopic (exact) mass is 277 g/mol. The summed E-state index contributed by atoms with van der Waals surface area (Å²) in [6, 6.07) is 6.11. The summed E-state index contributed by atoms with van der Waals surface area (Å²) in [7, 11) is 0. The van der Waals surface area contributed by atoms with Gasteiger partial charge in [-0.15, -0.1) is 0 Å². The molecule has 1 aromatic carbocycles. The standard InChI is InChI=1S/C15H20ClN3/c1-3-7-17-11-13-10-12(5-6-14(13)16)15-18-8-9-19(15)4-2/h5-6,8-10,17H,3-4,7,11H2,1-2H3. The van der Waals surface area contributed by atoms with Gasteiger partial charge in [-0.1, -0.05) is 18.5 Å². The van der Waals surface area contributed by atoms with Crippen molar-refractivity contribution in [1.29, 1.82) is 0 Å². The smallest absolute Gasteiger partial charge is 0.139 e. The minimum atomic E-state index is 0.799. The molecule has 19 heavy (non-hydrogen) atoms. The molecule has 0 aliphatic rings. The summed E-state index contributed by atoms with van der Waals surface area (Å²) in [5, 5.41) is 4.19. The average molecular weight is 278 g/mol. The van der Waals surface area contributed by atoms with E-state index in [9.17, 15) is 0 Å². The zero-order valence-electron chi connectivity index (χ0n) is 11.5. The fourth-order valence-corrected chi connectivity index (χ4v) is 2.26. The van der Waals surface area contributed by atoms with E-state index in [2.05, 4.69) is 34.8 Å². The Morgan fingerprint density at radius 1 is 1.32 bits per heavy atom. The average Bonchev–Trinajstić information content (AvgIpc) is 2.89. The number of aryl methyl sites for hydroxylation is 1. The van der Waals surface area contributed by atoms with Gasteiger partial charge in [0.2, 0.25) is 0 Å². The Bertz CT molecular complexity index is 534. The molecule has 1 heterocycles. The van der Waals surface area contributed by atoms with Crippen molar-refractivity contribution >= 4 is 11.6 Å². The molecule has 0 amide bonds. The Morgan fingerprint density at radius 2 is 2.16 bits per heavy atom. The van der Waals surface area contributed by atoms with Crippen LogP contribution in [0.15, 0.2) is 30.6 Å². The Balaban J connectivity index is 2.25. The molecular weight excluding hydrogens is 258 g/mol. The molecule has 0 atom stereocenters. The molecule has 0 fully saturated rings. The maximum Gasteiger partial charge on any atom is 0.139 e. The van der Waals surface area contributed by atoms with Crippen LogP contribution in [0.4, 0.5) is 0 Å². The van der Waals surface area contributed by atoms with E-state index < -0.39 is 0 Å². The van der Waals surface area contributed by atoms with Gasteiger partial charge in [0.15, 0.2) is 0 Å². The van der Waals surface area contributed by atoms with Crippen LogP contribution in [0.2, 0.25) is 5.02 Å². The summed E-state index contributed by atoms with van der Waals surface area (Å²) in [6.07, 6.45) is 4.96. The number of hydrogen-bond donors (Lipinski definition) is 1. The highest BCUT2D eigenvalue weighted by Gasteiger charge is 2.08. The third-order valence-electron chi connectivity index (χ3n) is 3.10. The molecule has 0 radical (unpaired) electrons. The number of benzene rings is 1. The fourth-order valence-electron chi connectivity index (χ4n) is 2.07. The van der Waals surface area contributed by atoms with E-state index >= 15 is 0 Å². The van der Waals surface area contributed by atoms with Crippen molar-refractivity contribution in [3.8, 4) is 11.4 Å². The lowest BCUT2D eigenvalue weighted by molar-refractivity contribution is 0.675. The van der Waals surface area contributed by atoms with Gasteiger partial charge in [0.05, 0.1) is 0 Å². The van der Waals surface area contributed by atoms with Gasteiger partial charge in [0.25, 0.3) is 0 Å². The van der Waals surface area contributed by atoms with E-state index in [4.69, 9.17) is 11.6 Å². The molecule has 0 aliphatic heterocycles. The summed E-state index contributed by atoms with van der Waals surface area (Å²) >= 11 is 6.24. The van der Waals surface area contributed by atoms with Crippen molar-refractivity contribution in [2.45, 2.75) is 33.4 Å². The molecule has 0 unspecified atom stereocenters. The first-order valence-electron chi connectivity index (χ1n) is 6.77. The molecule has 2 aromatic rings. The van der Waals surface area contributed by atoms with Crippen molar-refractivity contribution in [2.24, 2.45) is 0 Å². The second-order valence-corrected chi connectivity index (χ2v) is 4.93. The first-order chi connectivity index (χ1) is 9.26. The lowest BCUT2D eigenvalue weighted by atomic mass is 10.1. The normalized spacial score (nSPS) is 10.9. The number of nitrogens with zero attached hydrogens (tertiary/aromatic N) is 2. The number of halogens is 1. The van der Waals surface area contributed by atoms with Gasteiger partial charge in [-0.25, -0.2) is 4.98 Å². The van der Waals surface area contributed by atoms with Gasteiger partial charge < -0.3 is 9.88 Å². The van der Waals surface area contributed by atoms with Crippen molar-refractivity contribution in [1.82, 2.24) is 14.9 Å². The quantitative estimate of drug-likeness (QED) is 0.816. The van der Waals surface area contributed by atoms with Gasteiger partial charge in [-0.3, -0.25) is 0 Å². The van der Waals surface area contributed by atoms with Crippen LogP contribution in [-0.4, -0.2) is 16.1 Å². The van der Waals surface area contributed by atoms with Crippen LogP contribution in [-0.2, 0) is 13.1 Å². The number of aromatic nitrogens is 2. The van der Waals surface area contributed by atoms with Crippen molar-refractivity contribution in [3.05, 3.63) is 41.2 Å². The van der Waals surface area contributed by atoms with E-state index in [-0.39, 0.29) is 0 Å². The Morgan fingerprint density at radius 3 is 2.89 bits per heavy atom.